The van der Waals surface area contributed by atoms with Gasteiger partial charge in [-0.2, -0.15) is 25.3 Å². The van der Waals surface area contributed by atoms with E-state index in [4.69, 9.17) is 5.73 Å². The molecule has 0 radical (unpaired) electrons. The molecule has 0 saturated carbocycles. The minimum Gasteiger partial charge on any atom is -0.508 e. The van der Waals surface area contributed by atoms with Crippen LogP contribution < -0.4 is 43.0 Å². The number of aliphatic hydroxyl groups excluding tert-OH is 1. The third kappa shape index (κ3) is 18.1. The van der Waals surface area contributed by atoms with E-state index in [2.05, 4.69) is 62.5 Å². The highest BCUT2D eigenvalue weighted by Crippen LogP contribution is 2.21. The van der Waals surface area contributed by atoms with Gasteiger partial charge in [-0.05, 0) is 65.9 Å². The lowest BCUT2D eigenvalue weighted by Crippen LogP contribution is -2.60. The molecule has 400 valence electrons. The molecule has 1 aliphatic rings. The summed E-state index contributed by atoms with van der Waals surface area (Å²) in [5.74, 6) is -11.4. The second kappa shape index (κ2) is 28.6. The van der Waals surface area contributed by atoms with Gasteiger partial charge in [0.05, 0.1) is 25.6 Å². The number of rotatable bonds is 27. The van der Waals surface area contributed by atoms with E-state index in [1.807, 2.05) is 0 Å². The summed E-state index contributed by atoms with van der Waals surface area (Å²) in [5, 5.41) is 75.1. The molecule has 1 heterocycles. The molecule has 74 heavy (non-hydrogen) atoms. The molecule has 25 nitrogen and oxygen atoms in total. The van der Waals surface area contributed by atoms with Gasteiger partial charge in [-0.25, -0.2) is 4.79 Å². The van der Waals surface area contributed by atoms with Crippen molar-refractivity contribution in [2.45, 2.75) is 86.9 Å². The van der Waals surface area contributed by atoms with Crippen molar-refractivity contribution in [1.82, 2.24) is 42.1 Å². The SMILES string of the molecule is N[C@@H](CS)C(=O)N[C@@H](Cc1ccc(O)cc1)C(=O)N1CCC[C@H]1C(=O)NCC(=O)N[C@@H](Cc1ccc(O)cc1)C(=O)N[C@@H](CC(=O)O)C(=O)N[C@@H](CO)C(=O)N[C@@H](Cc1ccc(O)cc1)C(=O)N[C@@H](CS)C(=O)O. The highest BCUT2D eigenvalue weighted by molar-refractivity contribution is 7.80. The Labute approximate surface area is 434 Å². The monoisotopic (exact) mass is 1070 g/mol. The van der Waals surface area contributed by atoms with Crippen LogP contribution in [0.5, 0.6) is 17.2 Å². The average molecular weight is 1070 g/mol. The molecule has 3 aromatic rings. The minimum absolute atomic E-state index is 0.0301. The molecule has 3 aromatic carbocycles. The number of amides is 8. The lowest BCUT2D eigenvalue weighted by molar-refractivity contribution is -0.142. The molecular formula is C47H59N9O16S2. The van der Waals surface area contributed by atoms with Crippen molar-refractivity contribution < 1.29 is 78.6 Å². The van der Waals surface area contributed by atoms with Gasteiger partial charge in [-0.1, -0.05) is 36.4 Å². The average Bonchev–Trinajstić information content (AvgIpc) is 3.87. The number of nitrogens with one attached hydrogen (secondary N) is 7. The summed E-state index contributed by atoms with van der Waals surface area (Å²) in [6, 6.07) is 4.78. The Balaban J connectivity index is 1.48. The number of carboxylic acids is 2. The number of hydrogen-bond donors (Lipinski definition) is 16. The topological polar surface area (TPSA) is 406 Å². The van der Waals surface area contributed by atoms with Crippen molar-refractivity contribution in [3.05, 3.63) is 89.5 Å². The molecule has 0 unspecified atom stereocenters. The minimum atomic E-state index is -1.98. The van der Waals surface area contributed by atoms with Gasteiger partial charge in [0.15, 0.2) is 0 Å². The van der Waals surface area contributed by atoms with Gasteiger partial charge in [0.2, 0.25) is 47.3 Å². The van der Waals surface area contributed by atoms with Gasteiger partial charge in [0, 0.05) is 37.3 Å². The summed E-state index contributed by atoms with van der Waals surface area (Å²) < 4.78 is 0. The molecule has 8 atom stereocenters. The van der Waals surface area contributed by atoms with Gasteiger partial charge >= 0.3 is 11.9 Å². The molecule has 0 bridgehead atoms. The van der Waals surface area contributed by atoms with Gasteiger partial charge in [-0.3, -0.25) is 43.2 Å². The second-order valence-corrected chi connectivity index (χ2v) is 17.8. The van der Waals surface area contributed by atoms with Crippen molar-refractivity contribution in [2.24, 2.45) is 5.73 Å². The maximum Gasteiger partial charge on any atom is 0.327 e. The van der Waals surface area contributed by atoms with Gasteiger partial charge in [-0.15, -0.1) is 0 Å². The Bertz CT molecular complexity index is 2490. The Hall–Kier alpha value is -7.62. The van der Waals surface area contributed by atoms with E-state index >= 15 is 0 Å². The van der Waals surface area contributed by atoms with E-state index < -0.39 is 127 Å². The number of phenols is 3. The smallest absolute Gasteiger partial charge is 0.327 e. The number of aliphatic carboxylic acids is 2. The predicted octanol–water partition coefficient (Wildman–Crippen LogP) is -3.41. The molecule has 0 aromatic heterocycles. The number of carboxylic acid groups (broad SMARTS) is 2. The molecule has 1 saturated heterocycles. The van der Waals surface area contributed by atoms with Crippen molar-refractivity contribution >= 4 is 84.5 Å². The Kier molecular flexibility index (Phi) is 22.8. The fourth-order valence-electron chi connectivity index (χ4n) is 7.47. The summed E-state index contributed by atoms with van der Waals surface area (Å²) in [5.41, 5.74) is 7.15. The quantitative estimate of drug-likeness (QED) is 0.0331. The number of benzene rings is 3. The fraction of sp³-hybridized carbons (Fsp3) is 0.404. The molecule has 0 aliphatic carbocycles. The molecule has 4 rings (SSSR count). The molecule has 15 N–H and O–H groups in total. The molecule has 0 spiro atoms. The Morgan fingerprint density at radius 3 is 1.45 bits per heavy atom. The zero-order valence-electron chi connectivity index (χ0n) is 39.5. The number of carbonyl (C=O) groups excluding carboxylic acids is 8. The normalized spacial score (nSPS) is 15.8. The molecule has 27 heteroatoms. The summed E-state index contributed by atoms with van der Waals surface area (Å²) in [7, 11) is 0. The lowest BCUT2D eigenvalue weighted by atomic mass is 10.0. The first kappa shape index (κ1) is 58.9. The van der Waals surface area contributed by atoms with Crippen LogP contribution in [-0.2, 0) is 67.2 Å². The van der Waals surface area contributed by atoms with Crippen molar-refractivity contribution in [1.29, 1.82) is 0 Å². The highest BCUT2D eigenvalue weighted by Gasteiger charge is 2.39. The van der Waals surface area contributed by atoms with E-state index in [1.54, 1.807) is 12.1 Å². The zero-order chi connectivity index (χ0) is 54.6. The van der Waals surface area contributed by atoms with Crippen molar-refractivity contribution in [3.8, 4) is 17.2 Å². The van der Waals surface area contributed by atoms with Crippen LogP contribution in [0.15, 0.2) is 72.8 Å². The Morgan fingerprint density at radius 2 is 0.986 bits per heavy atom. The van der Waals surface area contributed by atoms with Crippen LogP contribution in [0.4, 0.5) is 0 Å². The maximum atomic E-state index is 14.0. The van der Waals surface area contributed by atoms with Gasteiger partial charge in [0.1, 0.15) is 59.5 Å². The van der Waals surface area contributed by atoms with E-state index in [-0.39, 0.29) is 61.0 Å². The number of aromatic hydroxyl groups is 3. The third-order valence-electron chi connectivity index (χ3n) is 11.4. The van der Waals surface area contributed by atoms with Crippen molar-refractivity contribution in [3.63, 3.8) is 0 Å². The van der Waals surface area contributed by atoms with Gasteiger partial charge in [0.25, 0.3) is 0 Å². The first-order valence-corrected chi connectivity index (χ1v) is 24.1. The first-order chi connectivity index (χ1) is 35.1. The maximum absolute atomic E-state index is 14.0. The van der Waals surface area contributed by atoms with E-state index in [0.29, 0.717) is 23.1 Å². The Morgan fingerprint density at radius 1 is 0.568 bits per heavy atom. The number of likely N-dealkylation sites (tertiary alicyclic amines) is 1. The number of nitrogens with two attached hydrogens (primary N) is 1. The molecular weight excluding hydrogens is 1010 g/mol. The number of hydrogen-bond acceptors (Lipinski definition) is 17. The van der Waals surface area contributed by atoms with Crippen LogP contribution in [-0.4, -0.2) is 174 Å². The van der Waals surface area contributed by atoms with Crippen LogP contribution in [0.1, 0.15) is 36.0 Å². The summed E-state index contributed by atoms with van der Waals surface area (Å²) in [4.78, 5) is 133. The van der Waals surface area contributed by atoms with Crippen LogP contribution >= 0.6 is 25.3 Å². The lowest BCUT2D eigenvalue weighted by Gasteiger charge is -2.29. The molecule has 8 amide bonds. The highest BCUT2D eigenvalue weighted by atomic mass is 32.1. The van der Waals surface area contributed by atoms with Crippen LogP contribution in [0, 0.1) is 0 Å². The van der Waals surface area contributed by atoms with Gasteiger partial charge < -0.3 is 78.5 Å². The predicted molar refractivity (Wildman–Crippen MR) is 267 cm³/mol. The third-order valence-corrected chi connectivity index (χ3v) is 12.2. The fourth-order valence-corrected chi connectivity index (χ4v) is 7.88. The standard InChI is InChI=1S/C47H59N9O16S2/c48-30(22-73)40(64)53-34(18-26-7-13-29(60)14-8-26)46(70)56-15-1-2-37(56)45(69)49-20-38(61)50-31(16-24-3-9-27(58)10-4-24)41(65)52-33(19-39(62)63)43(67)54-35(21-57)44(68)51-32(17-25-5-11-28(59)12-6-25)42(66)55-36(23-74)47(71)72/h3-14,30-37,57-60,73-74H,1-2,15-23,48H2,(H,49,69)(H,50,61)(H,51,68)(H,52,65)(H,53,64)(H,54,67)(H,55,66)(H,62,63)(H,71,72)/t30-,31-,32-,33-,34-,35-,36-,37-/m0/s1. The number of nitrogens with zero attached hydrogens (tertiary/aromatic N) is 1. The zero-order valence-corrected chi connectivity index (χ0v) is 41.3. The largest absolute Gasteiger partial charge is 0.508 e. The summed E-state index contributed by atoms with van der Waals surface area (Å²) in [6.07, 6.45) is -1.20. The number of phenolic OH excluding ortho intramolecular Hbond substituents is 3. The van der Waals surface area contributed by atoms with Crippen LogP contribution in [0.3, 0.4) is 0 Å². The van der Waals surface area contributed by atoms with E-state index in [9.17, 15) is 78.6 Å². The number of carbonyl (C=O) groups is 10. The van der Waals surface area contributed by atoms with E-state index in [0.717, 1.165) is 0 Å². The van der Waals surface area contributed by atoms with Crippen LogP contribution in [0.2, 0.25) is 0 Å². The summed E-state index contributed by atoms with van der Waals surface area (Å²) in [6.45, 7) is -1.78. The number of aliphatic hydroxyl groups is 1. The van der Waals surface area contributed by atoms with E-state index in [1.165, 1.54) is 65.6 Å². The molecule has 1 aliphatic heterocycles. The first-order valence-electron chi connectivity index (χ1n) is 22.9. The summed E-state index contributed by atoms with van der Waals surface area (Å²) >= 11 is 7.97. The van der Waals surface area contributed by atoms with Crippen LogP contribution in [0.25, 0.3) is 0 Å². The molecule has 1 fully saturated rings. The second-order valence-electron chi connectivity index (χ2n) is 17.0. The number of thiol groups is 2. The van der Waals surface area contributed by atoms with Crippen molar-refractivity contribution in [2.75, 3.05) is 31.2 Å².